The number of benzene rings is 1. The predicted octanol–water partition coefficient (Wildman–Crippen LogP) is 2.03. The van der Waals surface area contributed by atoms with Gasteiger partial charge in [-0.05, 0) is 18.6 Å². The summed E-state index contributed by atoms with van der Waals surface area (Å²) in [6, 6.07) is 5.43. The minimum absolute atomic E-state index is 0.379. The van der Waals surface area contributed by atoms with Gasteiger partial charge in [0.25, 0.3) is 0 Å². The van der Waals surface area contributed by atoms with Crippen molar-refractivity contribution >= 4 is 5.97 Å². The maximum Gasteiger partial charge on any atom is 0.310 e. The van der Waals surface area contributed by atoms with Crippen molar-refractivity contribution in [1.29, 1.82) is 0 Å². The van der Waals surface area contributed by atoms with Crippen LogP contribution in [0.5, 0.6) is 5.75 Å². The minimum atomic E-state index is -0.873. The highest BCUT2D eigenvalue weighted by Crippen LogP contribution is 2.30. The Morgan fingerprint density at radius 3 is 2.62 bits per heavy atom. The van der Waals surface area contributed by atoms with Crippen LogP contribution in [-0.2, 0) is 16.1 Å². The predicted molar refractivity (Wildman–Crippen MR) is 59.8 cm³/mol. The molecule has 0 radical (unpaired) electrons. The second kappa shape index (κ2) is 5.51. The number of rotatable bonds is 5. The van der Waals surface area contributed by atoms with Crippen molar-refractivity contribution in [2.75, 3.05) is 14.2 Å². The van der Waals surface area contributed by atoms with Gasteiger partial charge in [0, 0.05) is 12.7 Å². The summed E-state index contributed by atoms with van der Waals surface area (Å²) in [6.07, 6.45) is 0. The highest BCUT2D eigenvalue weighted by molar-refractivity contribution is 5.77. The minimum Gasteiger partial charge on any atom is -0.496 e. The Labute approximate surface area is 94.8 Å². The molecule has 1 aromatic carbocycles. The molecular weight excluding hydrogens is 208 g/mol. The highest BCUT2D eigenvalue weighted by Gasteiger charge is 2.21. The molecule has 1 rings (SSSR count). The van der Waals surface area contributed by atoms with E-state index in [1.807, 2.05) is 12.1 Å². The summed E-state index contributed by atoms with van der Waals surface area (Å²) < 4.78 is 10.2. The van der Waals surface area contributed by atoms with Crippen molar-refractivity contribution in [3.05, 3.63) is 29.3 Å². The number of aliphatic carboxylic acids is 1. The first-order chi connectivity index (χ1) is 7.61. The van der Waals surface area contributed by atoms with E-state index in [9.17, 15) is 4.79 Å². The fourth-order valence-corrected chi connectivity index (χ4v) is 1.66. The van der Waals surface area contributed by atoms with E-state index < -0.39 is 11.9 Å². The number of hydrogen-bond donors (Lipinski definition) is 1. The van der Waals surface area contributed by atoms with E-state index in [0.717, 1.165) is 5.56 Å². The lowest BCUT2D eigenvalue weighted by Crippen LogP contribution is -2.12. The van der Waals surface area contributed by atoms with Crippen LogP contribution >= 0.6 is 0 Å². The van der Waals surface area contributed by atoms with Crippen LogP contribution in [0.25, 0.3) is 0 Å². The number of hydrogen-bond acceptors (Lipinski definition) is 3. The van der Waals surface area contributed by atoms with Gasteiger partial charge in [0.05, 0.1) is 19.6 Å². The van der Waals surface area contributed by atoms with Gasteiger partial charge >= 0.3 is 5.97 Å². The average Bonchev–Trinajstić information content (AvgIpc) is 2.28. The van der Waals surface area contributed by atoms with E-state index >= 15 is 0 Å². The van der Waals surface area contributed by atoms with E-state index in [2.05, 4.69) is 0 Å². The molecular formula is C12H16O4. The van der Waals surface area contributed by atoms with Crippen molar-refractivity contribution in [2.45, 2.75) is 19.4 Å². The van der Waals surface area contributed by atoms with Gasteiger partial charge in [-0.25, -0.2) is 0 Å². The summed E-state index contributed by atoms with van der Waals surface area (Å²) in [5.74, 6) is -0.896. The molecule has 1 atom stereocenters. The first-order valence-electron chi connectivity index (χ1n) is 4.99. The summed E-state index contributed by atoms with van der Waals surface area (Å²) in [7, 11) is 3.11. The molecule has 0 saturated heterocycles. The zero-order valence-corrected chi connectivity index (χ0v) is 9.69. The Bertz CT molecular complexity index is 373. The van der Waals surface area contributed by atoms with E-state index in [1.165, 1.54) is 7.11 Å². The summed E-state index contributed by atoms with van der Waals surface area (Å²) in [5.41, 5.74) is 1.52. The molecule has 0 amide bonds. The summed E-state index contributed by atoms with van der Waals surface area (Å²) >= 11 is 0. The maximum atomic E-state index is 11.0. The van der Waals surface area contributed by atoms with Crippen LogP contribution in [0.2, 0.25) is 0 Å². The molecule has 4 nitrogen and oxygen atoms in total. The molecule has 16 heavy (non-hydrogen) atoms. The molecule has 0 aliphatic carbocycles. The molecule has 0 aliphatic rings. The van der Waals surface area contributed by atoms with Crippen molar-refractivity contribution in [1.82, 2.24) is 0 Å². The Hall–Kier alpha value is -1.55. The van der Waals surface area contributed by atoms with Crippen LogP contribution in [0.1, 0.15) is 24.0 Å². The normalized spacial score (nSPS) is 12.2. The van der Waals surface area contributed by atoms with Gasteiger partial charge in [0.2, 0.25) is 0 Å². The second-order valence-electron chi connectivity index (χ2n) is 3.53. The van der Waals surface area contributed by atoms with Crippen molar-refractivity contribution < 1.29 is 19.4 Å². The third kappa shape index (κ3) is 2.52. The van der Waals surface area contributed by atoms with Crippen LogP contribution in [0.4, 0.5) is 0 Å². The number of carbonyl (C=O) groups is 1. The van der Waals surface area contributed by atoms with Crippen LogP contribution < -0.4 is 4.74 Å². The summed E-state index contributed by atoms with van der Waals surface area (Å²) in [4.78, 5) is 11.0. The smallest absolute Gasteiger partial charge is 0.310 e. The molecule has 0 heterocycles. The molecule has 88 valence electrons. The summed E-state index contributed by atoms with van der Waals surface area (Å²) in [6.45, 7) is 2.02. The molecule has 0 aliphatic heterocycles. The first-order valence-corrected chi connectivity index (χ1v) is 4.99. The maximum absolute atomic E-state index is 11.0. The van der Waals surface area contributed by atoms with Crippen molar-refractivity contribution in [2.24, 2.45) is 0 Å². The van der Waals surface area contributed by atoms with E-state index in [4.69, 9.17) is 14.6 Å². The molecule has 1 N–H and O–H groups in total. The van der Waals surface area contributed by atoms with E-state index in [-0.39, 0.29) is 0 Å². The zero-order chi connectivity index (χ0) is 12.1. The Morgan fingerprint density at radius 2 is 2.12 bits per heavy atom. The van der Waals surface area contributed by atoms with Gasteiger partial charge < -0.3 is 14.6 Å². The number of methoxy groups -OCH3 is 2. The third-order valence-electron chi connectivity index (χ3n) is 2.48. The number of carboxylic acids is 1. The number of carboxylic acid groups (broad SMARTS) is 1. The molecule has 0 fully saturated rings. The monoisotopic (exact) mass is 224 g/mol. The largest absolute Gasteiger partial charge is 0.496 e. The van der Waals surface area contributed by atoms with Gasteiger partial charge in [-0.2, -0.15) is 0 Å². The Balaban J connectivity index is 3.23. The second-order valence-corrected chi connectivity index (χ2v) is 3.53. The first kappa shape index (κ1) is 12.5. The Kier molecular flexibility index (Phi) is 4.31. The van der Waals surface area contributed by atoms with Gasteiger partial charge in [0.1, 0.15) is 5.75 Å². The molecule has 0 aromatic heterocycles. The topological polar surface area (TPSA) is 55.8 Å². The lowest BCUT2D eigenvalue weighted by atomic mass is 9.95. The molecule has 1 aromatic rings. The van der Waals surface area contributed by atoms with Crippen molar-refractivity contribution in [3.8, 4) is 5.75 Å². The highest BCUT2D eigenvalue weighted by atomic mass is 16.5. The van der Waals surface area contributed by atoms with Crippen LogP contribution in [0.3, 0.4) is 0 Å². The van der Waals surface area contributed by atoms with E-state index in [0.29, 0.717) is 17.9 Å². The van der Waals surface area contributed by atoms with Crippen LogP contribution in [0.15, 0.2) is 18.2 Å². The van der Waals surface area contributed by atoms with Crippen LogP contribution in [0, 0.1) is 0 Å². The van der Waals surface area contributed by atoms with Gasteiger partial charge in [0.15, 0.2) is 0 Å². The van der Waals surface area contributed by atoms with Crippen molar-refractivity contribution in [3.63, 3.8) is 0 Å². The molecule has 0 spiro atoms. The van der Waals surface area contributed by atoms with E-state index in [1.54, 1.807) is 20.1 Å². The molecule has 0 saturated carbocycles. The lowest BCUT2D eigenvalue weighted by molar-refractivity contribution is -0.138. The standard InChI is InChI=1S/C12H16O4/c1-8(12(13)14)11-9(7-15-2)5-4-6-10(11)16-3/h4-6,8H,7H2,1-3H3,(H,13,14). The Morgan fingerprint density at radius 1 is 1.44 bits per heavy atom. The quantitative estimate of drug-likeness (QED) is 0.831. The number of ether oxygens (including phenoxy) is 2. The SMILES string of the molecule is COCc1cccc(OC)c1C(C)C(=O)O. The molecule has 1 unspecified atom stereocenters. The lowest BCUT2D eigenvalue weighted by Gasteiger charge is -2.16. The fraction of sp³-hybridized carbons (Fsp3) is 0.417. The zero-order valence-electron chi connectivity index (χ0n) is 9.69. The molecule has 4 heteroatoms. The fourth-order valence-electron chi connectivity index (χ4n) is 1.66. The van der Waals surface area contributed by atoms with Gasteiger partial charge in [-0.1, -0.05) is 12.1 Å². The van der Waals surface area contributed by atoms with Gasteiger partial charge in [-0.3, -0.25) is 4.79 Å². The average molecular weight is 224 g/mol. The molecule has 0 bridgehead atoms. The third-order valence-corrected chi connectivity index (χ3v) is 2.48. The van der Waals surface area contributed by atoms with Crippen LogP contribution in [-0.4, -0.2) is 25.3 Å². The summed E-state index contributed by atoms with van der Waals surface area (Å²) in [5, 5.41) is 9.05. The van der Waals surface area contributed by atoms with Gasteiger partial charge in [-0.15, -0.1) is 0 Å².